The molecule has 4 nitrogen and oxygen atoms in total. The van der Waals surface area contributed by atoms with Crippen LogP contribution in [0.15, 0.2) is 0 Å². The van der Waals surface area contributed by atoms with Gasteiger partial charge in [0.15, 0.2) is 0 Å². The lowest BCUT2D eigenvalue weighted by atomic mass is 9.91. The van der Waals surface area contributed by atoms with E-state index in [9.17, 15) is 0 Å². The van der Waals surface area contributed by atoms with Crippen molar-refractivity contribution >= 4 is 0 Å². The summed E-state index contributed by atoms with van der Waals surface area (Å²) in [5.41, 5.74) is 5.96. The van der Waals surface area contributed by atoms with Gasteiger partial charge in [-0.3, -0.25) is 4.90 Å². The summed E-state index contributed by atoms with van der Waals surface area (Å²) in [7, 11) is 0. The Kier molecular flexibility index (Phi) is 5.22. The Labute approximate surface area is 105 Å². The number of hydrogen-bond donors (Lipinski definition) is 1. The highest BCUT2D eigenvalue weighted by Crippen LogP contribution is 2.19. The molecule has 2 aliphatic rings. The molecular weight excluding hydrogens is 214 g/mol. The largest absolute Gasteiger partial charge is 0.379 e. The Balaban J connectivity index is 1.61. The second-order valence-electron chi connectivity index (χ2n) is 5.49. The minimum Gasteiger partial charge on any atom is -0.379 e. The van der Waals surface area contributed by atoms with E-state index < -0.39 is 0 Å². The van der Waals surface area contributed by atoms with Crippen LogP contribution in [0.4, 0.5) is 0 Å². The molecule has 1 unspecified atom stereocenters. The fourth-order valence-corrected chi connectivity index (χ4v) is 2.81. The molecule has 2 saturated heterocycles. The Hall–Kier alpha value is -0.160. The van der Waals surface area contributed by atoms with Crippen molar-refractivity contribution in [3.05, 3.63) is 0 Å². The van der Waals surface area contributed by atoms with Gasteiger partial charge < -0.3 is 15.4 Å². The van der Waals surface area contributed by atoms with Crippen LogP contribution >= 0.6 is 0 Å². The molecule has 0 saturated carbocycles. The van der Waals surface area contributed by atoms with E-state index in [2.05, 4.69) is 16.7 Å². The molecule has 17 heavy (non-hydrogen) atoms. The van der Waals surface area contributed by atoms with Gasteiger partial charge in [0.25, 0.3) is 0 Å². The number of morpholine rings is 1. The van der Waals surface area contributed by atoms with E-state index in [-0.39, 0.29) is 0 Å². The number of nitrogens with zero attached hydrogens (tertiary/aromatic N) is 2. The zero-order chi connectivity index (χ0) is 12.1. The molecule has 0 aromatic rings. The van der Waals surface area contributed by atoms with E-state index in [1.807, 2.05) is 0 Å². The molecule has 0 amide bonds. The van der Waals surface area contributed by atoms with Crippen LogP contribution in [0.1, 0.15) is 19.8 Å². The molecule has 0 aliphatic carbocycles. The SMILES string of the molecule is CC(N)C1CCN(CCN2CCOCC2)CC1. The predicted octanol–water partition coefficient (Wildman–Crippen LogP) is 0.378. The first kappa shape index (κ1) is 13.3. The maximum absolute atomic E-state index is 5.96. The fourth-order valence-electron chi connectivity index (χ4n) is 2.81. The molecule has 2 N–H and O–H groups in total. The smallest absolute Gasteiger partial charge is 0.0594 e. The van der Waals surface area contributed by atoms with Gasteiger partial charge in [-0.2, -0.15) is 0 Å². The zero-order valence-corrected chi connectivity index (χ0v) is 11.1. The van der Waals surface area contributed by atoms with Crippen molar-refractivity contribution in [1.29, 1.82) is 0 Å². The van der Waals surface area contributed by atoms with Crippen molar-refractivity contribution in [2.75, 3.05) is 52.5 Å². The van der Waals surface area contributed by atoms with Crippen LogP contribution in [0.2, 0.25) is 0 Å². The zero-order valence-electron chi connectivity index (χ0n) is 11.1. The molecule has 100 valence electrons. The fraction of sp³-hybridized carbons (Fsp3) is 1.00. The molecule has 0 spiro atoms. The van der Waals surface area contributed by atoms with Crippen LogP contribution in [-0.4, -0.2) is 68.3 Å². The summed E-state index contributed by atoms with van der Waals surface area (Å²) in [5, 5.41) is 0. The summed E-state index contributed by atoms with van der Waals surface area (Å²) in [5.74, 6) is 0.745. The maximum atomic E-state index is 5.96. The standard InChI is InChI=1S/C13H27N3O/c1-12(14)13-2-4-15(5-3-13)6-7-16-8-10-17-11-9-16/h12-13H,2-11,14H2,1H3. The van der Waals surface area contributed by atoms with Crippen LogP contribution in [0.25, 0.3) is 0 Å². The van der Waals surface area contributed by atoms with Crippen molar-refractivity contribution in [3.63, 3.8) is 0 Å². The van der Waals surface area contributed by atoms with Crippen molar-refractivity contribution in [3.8, 4) is 0 Å². The Morgan fingerprint density at radius 2 is 1.59 bits per heavy atom. The van der Waals surface area contributed by atoms with E-state index in [0.29, 0.717) is 6.04 Å². The number of likely N-dealkylation sites (tertiary alicyclic amines) is 1. The number of rotatable bonds is 4. The number of hydrogen-bond acceptors (Lipinski definition) is 4. The summed E-state index contributed by atoms with van der Waals surface area (Å²) >= 11 is 0. The quantitative estimate of drug-likeness (QED) is 0.772. The van der Waals surface area contributed by atoms with Gasteiger partial charge in [0.05, 0.1) is 13.2 Å². The second-order valence-corrected chi connectivity index (χ2v) is 5.49. The maximum Gasteiger partial charge on any atom is 0.0594 e. The average molecular weight is 241 g/mol. The lowest BCUT2D eigenvalue weighted by Gasteiger charge is -2.35. The molecular formula is C13H27N3O. The molecule has 4 heteroatoms. The number of nitrogens with two attached hydrogens (primary N) is 1. The topological polar surface area (TPSA) is 41.7 Å². The highest BCUT2D eigenvalue weighted by Gasteiger charge is 2.22. The van der Waals surface area contributed by atoms with Gasteiger partial charge in [0, 0.05) is 32.2 Å². The first-order valence-corrected chi connectivity index (χ1v) is 7.04. The van der Waals surface area contributed by atoms with Gasteiger partial charge in [-0.25, -0.2) is 0 Å². The summed E-state index contributed by atoms with van der Waals surface area (Å²) in [6.45, 7) is 11.1. The summed E-state index contributed by atoms with van der Waals surface area (Å²) < 4.78 is 5.36. The first-order chi connectivity index (χ1) is 8.25. The highest BCUT2D eigenvalue weighted by molar-refractivity contribution is 4.78. The molecule has 0 aromatic heterocycles. The molecule has 2 aliphatic heterocycles. The van der Waals surface area contributed by atoms with E-state index in [1.54, 1.807) is 0 Å². The molecule has 2 heterocycles. The third-order valence-corrected chi connectivity index (χ3v) is 4.21. The van der Waals surface area contributed by atoms with E-state index in [1.165, 1.54) is 39.0 Å². The van der Waals surface area contributed by atoms with Gasteiger partial charge in [-0.05, 0) is 38.8 Å². The molecule has 0 radical (unpaired) electrons. The van der Waals surface area contributed by atoms with Crippen LogP contribution in [0, 0.1) is 5.92 Å². The van der Waals surface area contributed by atoms with Crippen molar-refractivity contribution in [2.24, 2.45) is 11.7 Å². The average Bonchev–Trinajstić information content (AvgIpc) is 2.38. The number of ether oxygens (including phenoxy) is 1. The van der Waals surface area contributed by atoms with E-state index in [0.717, 1.165) is 32.2 Å². The lowest BCUT2D eigenvalue weighted by Crippen LogP contribution is -2.45. The molecule has 2 rings (SSSR count). The molecule has 1 atom stereocenters. The van der Waals surface area contributed by atoms with Crippen molar-refractivity contribution < 1.29 is 4.74 Å². The van der Waals surface area contributed by atoms with Crippen LogP contribution < -0.4 is 5.73 Å². The monoisotopic (exact) mass is 241 g/mol. The summed E-state index contributed by atoms with van der Waals surface area (Å²) in [4.78, 5) is 5.11. The lowest BCUT2D eigenvalue weighted by molar-refractivity contribution is 0.0312. The number of piperidine rings is 1. The first-order valence-electron chi connectivity index (χ1n) is 7.04. The third kappa shape index (κ3) is 4.21. The van der Waals surface area contributed by atoms with Gasteiger partial charge in [-0.15, -0.1) is 0 Å². The van der Waals surface area contributed by atoms with Crippen LogP contribution in [0.5, 0.6) is 0 Å². The highest BCUT2D eigenvalue weighted by atomic mass is 16.5. The second kappa shape index (κ2) is 6.69. The van der Waals surface area contributed by atoms with E-state index in [4.69, 9.17) is 10.5 Å². The van der Waals surface area contributed by atoms with Crippen LogP contribution in [-0.2, 0) is 4.74 Å². The minimum absolute atomic E-state index is 0.372. The van der Waals surface area contributed by atoms with Gasteiger partial charge in [0.2, 0.25) is 0 Å². The van der Waals surface area contributed by atoms with Crippen LogP contribution in [0.3, 0.4) is 0 Å². The van der Waals surface area contributed by atoms with Crippen molar-refractivity contribution in [1.82, 2.24) is 9.80 Å². The van der Waals surface area contributed by atoms with Crippen molar-refractivity contribution in [2.45, 2.75) is 25.8 Å². The normalized spacial score (nSPS) is 27.2. The molecule has 0 aromatic carbocycles. The third-order valence-electron chi connectivity index (χ3n) is 4.21. The van der Waals surface area contributed by atoms with E-state index >= 15 is 0 Å². The Morgan fingerprint density at radius 1 is 1.06 bits per heavy atom. The predicted molar refractivity (Wildman–Crippen MR) is 70.1 cm³/mol. The van der Waals surface area contributed by atoms with Gasteiger partial charge >= 0.3 is 0 Å². The molecule has 0 bridgehead atoms. The van der Waals surface area contributed by atoms with Gasteiger partial charge in [0.1, 0.15) is 0 Å². The summed E-state index contributed by atoms with van der Waals surface area (Å²) in [6, 6.07) is 0.372. The Morgan fingerprint density at radius 3 is 2.12 bits per heavy atom. The molecule has 2 fully saturated rings. The minimum atomic E-state index is 0.372. The van der Waals surface area contributed by atoms with Gasteiger partial charge in [-0.1, -0.05) is 0 Å². The Bertz CT molecular complexity index is 209. The summed E-state index contributed by atoms with van der Waals surface area (Å²) in [6.07, 6.45) is 2.56.